The number of hydrogen-bond donors (Lipinski definition) is 1. The fraction of sp³-hybridized carbons (Fsp3) is 0.381. The molecular formula is C21H23N3O2S. The molecule has 6 heteroatoms. The van der Waals surface area contributed by atoms with E-state index < -0.39 is 0 Å². The number of aromatic nitrogens is 2. The molecule has 27 heavy (non-hydrogen) atoms. The van der Waals surface area contributed by atoms with E-state index in [1.807, 2.05) is 6.92 Å². The van der Waals surface area contributed by atoms with Crippen molar-refractivity contribution < 1.29 is 9.53 Å². The number of pyridine rings is 1. The van der Waals surface area contributed by atoms with Gasteiger partial charge in [0.2, 0.25) is 0 Å². The van der Waals surface area contributed by atoms with Crippen LogP contribution in [0.1, 0.15) is 47.8 Å². The molecule has 1 aromatic carbocycles. The molecule has 140 valence electrons. The molecule has 4 rings (SSSR count). The van der Waals surface area contributed by atoms with Crippen molar-refractivity contribution in [2.24, 2.45) is 0 Å². The number of nitrogens with one attached hydrogen (secondary N) is 1. The van der Waals surface area contributed by atoms with E-state index in [4.69, 9.17) is 17.0 Å². The number of aryl methyl sites for hydroxylation is 1. The maximum atomic E-state index is 12.2. The van der Waals surface area contributed by atoms with Crippen LogP contribution in [-0.4, -0.2) is 45.5 Å². The summed E-state index contributed by atoms with van der Waals surface area (Å²) in [6.07, 6.45) is 5.38. The van der Waals surface area contributed by atoms with Gasteiger partial charge in [-0.1, -0.05) is 12.2 Å². The highest BCUT2D eigenvalue weighted by atomic mass is 32.1. The molecule has 3 heterocycles. The van der Waals surface area contributed by atoms with Crippen molar-refractivity contribution in [2.45, 2.75) is 33.1 Å². The van der Waals surface area contributed by atoms with Crippen molar-refractivity contribution >= 4 is 45.0 Å². The molecular weight excluding hydrogens is 358 g/mol. The summed E-state index contributed by atoms with van der Waals surface area (Å²) in [5.41, 5.74) is 4.18. The molecule has 0 radical (unpaired) electrons. The number of carbonyl (C=O) groups excluding carboxylic acids is 1. The molecule has 2 aromatic heterocycles. The third-order valence-electron chi connectivity index (χ3n) is 5.24. The van der Waals surface area contributed by atoms with E-state index in [9.17, 15) is 4.79 Å². The summed E-state index contributed by atoms with van der Waals surface area (Å²) in [7, 11) is 0. The highest BCUT2D eigenvalue weighted by Gasteiger charge is 2.19. The number of fused-ring (bicyclic) bond motifs is 3. The Morgan fingerprint density at radius 3 is 2.78 bits per heavy atom. The summed E-state index contributed by atoms with van der Waals surface area (Å²) in [4.78, 5) is 23.1. The Morgan fingerprint density at radius 1 is 1.26 bits per heavy atom. The van der Waals surface area contributed by atoms with Gasteiger partial charge in [-0.05, 0) is 56.9 Å². The first kappa shape index (κ1) is 17.9. The van der Waals surface area contributed by atoms with Crippen molar-refractivity contribution in [3.05, 3.63) is 41.2 Å². The summed E-state index contributed by atoms with van der Waals surface area (Å²) in [6.45, 7) is 6.11. The van der Waals surface area contributed by atoms with Crippen LogP contribution in [0.2, 0.25) is 0 Å². The average Bonchev–Trinajstić information content (AvgIpc) is 3.07. The minimum Gasteiger partial charge on any atom is -0.461 e. The molecule has 0 spiro atoms. The summed E-state index contributed by atoms with van der Waals surface area (Å²) in [6, 6.07) is 6.26. The number of nitrogens with zero attached hydrogens (tertiary/aromatic N) is 2. The van der Waals surface area contributed by atoms with Crippen LogP contribution in [0.4, 0.5) is 0 Å². The first-order valence-electron chi connectivity index (χ1n) is 9.47. The third kappa shape index (κ3) is 3.18. The normalized spacial score (nSPS) is 14.7. The van der Waals surface area contributed by atoms with Crippen molar-refractivity contribution in [3.8, 4) is 0 Å². The number of esters is 1. The van der Waals surface area contributed by atoms with Gasteiger partial charge < -0.3 is 14.6 Å². The Hall–Kier alpha value is -2.47. The van der Waals surface area contributed by atoms with Crippen LogP contribution in [-0.2, 0) is 4.74 Å². The Bertz CT molecular complexity index is 1030. The van der Waals surface area contributed by atoms with Gasteiger partial charge in [-0.25, -0.2) is 9.78 Å². The minimum absolute atomic E-state index is 0.333. The SMILES string of the molecule is CCOC(=O)c1ncc2[nH]c3ccc(C(=S)N4CCCCC4)cc3c2c1C. The average molecular weight is 382 g/mol. The van der Waals surface area contributed by atoms with E-state index in [2.05, 4.69) is 33.1 Å². The molecule has 0 aliphatic carbocycles. The van der Waals surface area contributed by atoms with Crippen LogP contribution in [0.25, 0.3) is 21.8 Å². The van der Waals surface area contributed by atoms with E-state index in [-0.39, 0.29) is 5.97 Å². The Kier molecular flexibility index (Phi) is 4.83. The second kappa shape index (κ2) is 7.27. The number of rotatable bonds is 3. The smallest absolute Gasteiger partial charge is 0.357 e. The number of piperidine rings is 1. The lowest BCUT2D eigenvalue weighted by molar-refractivity contribution is 0.0519. The van der Waals surface area contributed by atoms with Crippen molar-refractivity contribution in [2.75, 3.05) is 19.7 Å². The predicted octanol–water partition coefficient (Wildman–Crippen LogP) is 4.36. The standard InChI is InChI=1S/C21H23N3O2S/c1-3-26-21(25)19-13(2)18-15-11-14(20(27)24-9-5-4-6-10-24)7-8-16(15)23-17(18)12-22-19/h7-8,11-12,23H,3-6,9-10H2,1-2H3. The second-order valence-electron chi connectivity index (χ2n) is 6.98. The summed E-state index contributed by atoms with van der Waals surface area (Å²) < 4.78 is 5.15. The van der Waals surface area contributed by atoms with Gasteiger partial charge in [0.1, 0.15) is 4.99 Å². The first-order valence-corrected chi connectivity index (χ1v) is 9.88. The maximum Gasteiger partial charge on any atom is 0.357 e. The number of thiocarbonyl (C=S) groups is 1. The Morgan fingerprint density at radius 2 is 2.04 bits per heavy atom. The Labute approximate surface area is 163 Å². The van der Waals surface area contributed by atoms with Gasteiger partial charge in [0.25, 0.3) is 0 Å². The summed E-state index contributed by atoms with van der Waals surface area (Å²) >= 11 is 5.76. The maximum absolute atomic E-state index is 12.2. The predicted molar refractivity (Wildman–Crippen MR) is 111 cm³/mol. The van der Waals surface area contributed by atoms with Gasteiger partial charge in [0.15, 0.2) is 5.69 Å². The van der Waals surface area contributed by atoms with Crippen LogP contribution < -0.4 is 0 Å². The number of aromatic amines is 1. The summed E-state index contributed by atoms with van der Waals surface area (Å²) in [5.74, 6) is -0.383. The minimum atomic E-state index is -0.383. The van der Waals surface area contributed by atoms with Gasteiger partial charge in [0, 0.05) is 34.9 Å². The molecule has 0 atom stereocenters. The fourth-order valence-corrected chi connectivity index (χ4v) is 4.19. The topological polar surface area (TPSA) is 58.2 Å². The van der Waals surface area contributed by atoms with Crippen LogP contribution >= 0.6 is 12.2 Å². The van der Waals surface area contributed by atoms with E-state index in [0.717, 1.165) is 51.0 Å². The lowest BCUT2D eigenvalue weighted by Gasteiger charge is -2.29. The quantitative estimate of drug-likeness (QED) is 0.539. The molecule has 1 aliphatic rings. The van der Waals surface area contributed by atoms with Gasteiger partial charge in [-0.2, -0.15) is 0 Å². The van der Waals surface area contributed by atoms with Crippen LogP contribution in [0.15, 0.2) is 24.4 Å². The summed E-state index contributed by atoms with van der Waals surface area (Å²) in [5, 5.41) is 2.07. The number of benzene rings is 1. The number of carbonyl (C=O) groups is 1. The van der Waals surface area contributed by atoms with Crippen molar-refractivity contribution in [1.82, 2.24) is 14.9 Å². The lowest BCUT2D eigenvalue weighted by atomic mass is 10.0. The third-order valence-corrected chi connectivity index (χ3v) is 5.73. The first-order chi connectivity index (χ1) is 13.1. The van der Waals surface area contributed by atoms with Gasteiger partial charge in [0.05, 0.1) is 18.3 Å². The molecule has 0 amide bonds. The van der Waals surface area contributed by atoms with Crippen LogP contribution in [0.3, 0.4) is 0 Å². The van der Waals surface area contributed by atoms with Crippen LogP contribution in [0.5, 0.6) is 0 Å². The molecule has 1 fully saturated rings. The van der Waals surface area contributed by atoms with Crippen molar-refractivity contribution in [1.29, 1.82) is 0 Å². The number of hydrogen-bond acceptors (Lipinski definition) is 4. The molecule has 0 unspecified atom stereocenters. The van der Waals surface area contributed by atoms with Crippen LogP contribution in [0, 0.1) is 6.92 Å². The fourth-order valence-electron chi connectivity index (χ4n) is 3.88. The molecule has 1 saturated heterocycles. The molecule has 3 aromatic rings. The molecule has 1 aliphatic heterocycles. The van der Waals surface area contributed by atoms with Gasteiger partial charge >= 0.3 is 5.97 Å². The number of H-pyrrole nitrogens is 1. The largest absolute Gasteiger partial charge is 0.461 e. The highest BCUT2D eigenvalue weighted by Crippen LogP contribution is 2.30. The zero-order chi connectivity index (χ0) is 19.0. The number of ether oxygens (including phenoxy) is 1. The van der Waals surface area contributed by atoms with Crippen molar-refractivity contribution in [3.63, 3.8) is 0 Å². The molecule has 1 N–H and O–H groups in total. The lowest BCUT2D eigenvalue weighted by Crippen LogP contribution is -2.34. The second-order valence-corrected chi connectivity index (χ2v) is 7.37. The Balaban J connectivity index is 1.81. The van der Waals surface area contributed by atoms with E-state index in [0.29, 0.717) is 12.3 Å². The molecule has 0 saturated carbocycles. The zero-order valence-electron chi connectivity index (χ0n) is 15.7. The van der Waals surface area contributed by atoms with E-state index in [1.54, 1.807) is 13.1 Å². The van der Waals surface area contributed by atoms with Gasteiger partial charge in [-0.3, -0.25) is 0 Å². The van der Waals surface area contributed by atoms with Gasteiger partial charge in [-0.15, -0.1) is 0 Å². The monoisotopic (exact) mass is 381 g/mol. The molecule has 0 bridgehead atoms. The van der Waals surface area contributed by atoms with E-state index in [1.165, 1.54) is 19.3 Å². The highest BCUT2D eigenvalue weighted by molar-refractivity contribution is 7.80. The number of likely N-dealkylation sites (tertiary alicyclic amines) is 1. The zero-order valence-corrected chi connectivity index (χ0v) is 16.5. The van der Waals surface area contributed by atoms with E-state index >= 15 is 0 Å². The molecule has 5 nitrogen and oxygen atoms in total.